The number of hydrogen-bond donors (Lipinski definition) is 0. The number of nitrogens with zero attached hydrogens (tertiary/aromatic N) is 5. The molecule has 120 valence electrons. The van der Waals surface area contributed by atoms with Crippen molar-refractivity contribution in [2.45, 2.75) is 6.92 Å². The van der Waals surface area contributed by atoms with Crippen LogP contribution in [0.4, 0.5) is 17.5 Å². The number of morpholine rings is 2. The Morgan fingerprint density at radius 3 is 2.09 bits per heavy atom. The number of aromatic nitrogens is 2. The maximum Gasteiger partial charge on any atom is 0.332 e. The fourth-order valence-electron chi connectivity index (χ4n) is 2.65. The highest BCUT2D eigenvalue weighted by Gasteiger charge is 2.29. The summed E-state index contributed by atoms with van der Waals surface area (Å²) in [6.45, 7) is 6.58. The third-order valence-corrected chi connectivity index (χ3v) is 3.82. The summed E-state index contributed by atoms with van der Waals surface area (Å²) < 4.78 is 10.6. The number of nitro groups is 1. The first-order valence-electron chi connectivity index (χ1n) is 7.35. The average molecular weight is 309 g/mol. The van der Waals surface area contributed by atoms with E-state index in [1.165, 1.54) is 0 Å². The molecule has 22 heavy (non-hydrogen) atoms. The van der Waals surface area contributed by atoms with Crippen LogP contribution >= 0.6 is 0 Å². The number of anilines is 2. The van der Waals surface area contributed by atoms with E-state index in [-0.39, 0.29) is 5.69 Å². The normalized spacial score (nSPS) is 19.3. The van der Waals surface area contributed by atoms with Gasteiger partial charge in [-0.2, -0.15) is 4.98 Å². The van der Waals surface area contributed by atoms with Gasteiger partial charge in [0.2, 0.25) is 11.8 Å². The second-order valence-electron chi connectivity index (χ2n) is 5.24. The van der Waals surface area contributed by atoms with Gasteiger partial charge in [0.05, 0.1) is 31.4 Å². The minimum absolute atomic E-state index is 0.0149. The van der Waals surface area contributed by atoms with Crippen LogP contribution in [0.3, 0.4) is 0 Å². The zero-order chi connectivity index (χ0) is 15.5. The highest BCUT2D eigenvalue weighted by molar-refractivity contribution is 5.63. The van der Waals surface area contributed by atoms with Gasteiger partial charge >= 0.3 is 5.69 Å². The van der Waals surface area contributed by atoms with E-state index in [0.29, 0.717) is 70.1 Å². The van der Waals surface area contributed by atoms with Crippen molar-refractivity contribution in [2.75, 3.05) is 62.4 Å². The Balaban J connectivity index is 1.99. The summed E-state index contributed by atoms with van der Waals surface area (Å²) in [5.41, 5.74) is 0.377. The minimum atomic E-state index is -0.400. The standard InChI is InChI=1S/C13H19N5O4/c1-10-11(18(19)20)12(16-2-6-21-7-3-16)15-13(14-10)17-4-8-22-9-5-17/h2-9H2,1H3. The molecule has 3 rings (SSSR count). The van der Waals surface area contributed by atoms with Crippen LogP contribution in [-0.4, -0.2) is 67.5 Å². The van der Waals surface area contributed by atoms with Crippen molar-refractivity contribution in [3.63, 3.8) is 0 Å². The largest absolute Gasteiger partial charge is 0.378 e. The Hall–Kier alpha value is -2.00. The predicted molar refractivity (Wildman–Crippen MR) is 79.5 cm³/mol. The van der Waals surface area contributed by atoms with Crippen molar-refractivity contribution in [3.05, 3.63) is 15.8 Å². The first-order chi connectivity index (χ1) is 10.7. The number of rotatable bonds is 3. The van der Waals surface area contributed by atoms with Crippen LogP contribution in [-0.2, 0) is 9.47 Å². The molecule has 3 heterocycles. The van der Waals surface area contributed by atoms with Crippen LogP contribution in [0.25, 0.3) is 0 Å². The van der Waals surface area contributed by atoms with E-state index < -0.39 is 4.92 Å². The molecule has 1 aromatic rings. The molecular weight excluding hydrogens is 290 g/mol. The SMILES string of the molecule is Cc1nc(N2CCOCC2)nc(N2CCOCC2)c1[N+](=O)[O-]. The molecule has 0 bridgehead atoms. The molecule has 0 atom stereocenters. The van der Waals surface area contributed by atoms with Crippen molar-refractivity contribution in [1.29, 1.82) is 0 Å². The van der Waals surface area contributed by atoms with Gasteiger partial charge in [-0.15, -0.1) is 0 Å². The lowest BCUT2D eigenvalue weighted by molar-refractivity contribution is -0.385. The van der Waals surface area contributed by atoms with Gasteiger partial charge in [0.25, 0.3) is 0 Å². The second kappa shape index (κ2) is 6.41. The molecule has 0 aliphatic carbocycles. The first kappa shape index (κ1) is 14.9. The van der Waals surface area contributed by atoms with Crippen molar-refractivity contribution in [1.82, 2.24) is 9.97 Å². The van der Waals surface area contributed by atoms with Crippen LogP contribution in [0.15, 0.2) is 0 Å². The smallest absolute Gasteiger partial charge is 0.332 e. The molecule has 0 unspecified atom stereocenters. The first-order valence-corrected chi connectivity index (χ1v) is 7.35. The maximum atomic E-state index is 11.4. The van der Waals surface area contributed by atoms with Crippen molar-refractivity contribution < 1.29 is 14.4 Å². The van der Waals surface area contributed by atoms with Crippen molar-refractivity contribution in [2.24, 2.45) is 0 Å². The molecule has 9 nitrogen and oxygen atoms in total. The van der Waals surface area contributed by atoms with Gasteiger partial charge in [-0.05, 0) is 6.92 Å². The Bertz CT molecular complexity index is 556. The quantitative estimate of drug-likeness (QED) is 0.584. The van der Waals surface area contributed by atoms with E-state index in [0.717, 1.165) is 0 Å². The third kappa shape index (κ3) is 2.95. The summed E-state index contributed by atoms with van der Waals surface area (Å²) in [7, 11) is 0. The molecule has 0 spiro atoms. The predicted octanol–water partition coefficient (Wildman–Crippen LogP) is 0.366. The maximum absolute atomic E-state index is 11.4. The summed E-state index contributed by atoms with van der Waals surface area (Å²) in [6.07, 6.45) is 0. The fourth-order valence-corrected chi connectivity index (χ4v) is 2.65. The van der Waals surface area contributed by atoms with Crippen LogP contribution in [0.5, 0.6) is 0 Å². The van der Waals surface area contributed by atoms with Crippen LogP contribution in [0, 0.1) is 17.0 Å². The zero-order valence-electron chi connectivity index (χ0n) is 12.5. The highest BCUT2D eigenvalue weighted by Crippen LogP contribution is 2.31. The van der Waals surface area contributed by atoms with E-state index in [2.05, 4.69) is 9.97 Å². The lowest BCUT2D eigenvalue weighted by Gasteiger charge is -2.30. The van der Waals surface area contributed by atoms with E-state index >= 15 is 0 Å². The zero-order valence-corrected chi connectivity index (χ0v) is 12.5. The molecule has 0 N–H and O–H groups in total. The molecule has 9 heteroatoms. The number of hydrogen-bond acceptors (Lipinski definition) is 8. The van der Waals surface area contributed by atoms with Gasteiger partial charge in [-0.25, -0.2) is 4.98 Å². The Morgan fingerprint density at radius 1 is 1.00 bits per heavy atom. The Kier molecular flexibility index (Phi) is 4.34. The van der Waals surface area contributed by atoms with Crippen LogP contribution in [0.2, 0.25) is 0 Å². The van der Waals surface area contributed by atoms with Gasteiger partial charge in [-0.1, -0.05) is 0 Å². The monoisotopic (exact) mass is 309 g/mol. The summed E-state index contributed by atoms with van der Waals surface area (Å²) in [6, 6.07) is 0. The van der Waals surface area contributed by atoms with Gasteiger partial charge in [0.15, 0.2) is 0 Å². The summed E-state index contributed by atoms with van der Waals surface area (Å²) >= 11 is 0. The van der Waals surface area contributed by atoms with Gasteiger partial charge in [-0.3, -0.25) is 10.1 Å². The summed E-state index contributed by atoms with van der Waals surface area (Å²) in [5.74, 6) is 0.926. The number of aryl methyl sites for hydroxylation is 1. The molecule has 0 amide bonds. The third-order valence-electron chi connectivity index (χ3n) is 3.82. The fraction of sp³-hybridized carbons (Fsp3) is 0.692. The van der Waals surface area contributed by atoms with E-state index in [9.17, 15) is 10.1 Å². The molecule has 0 aromatic carbocycles. The molecule has 0 radical (unpaired) electrons. The van der Waals surface area contributed by atoms with Crippen LogP contribution < -0.4 is 9.80 Å². The lowest BCUT2D eigenvalue weighted by atomic mass is 10.3. The Morgan fingerprint density at radius 2 is 1.55 bits per heavy atom. The number of ether oxygens (including phenoxy) is 2. The molecule has 0 saturated carbocycles. The summed E-state index contributed by atoms with van der Waals surface area (Å²) in [4.78, 5) is 23.7. The molecule has 2 fully saturated rings. The highest BCUT2D eigenvalue weighted by atomic mass is 16.6. The van der Waals surface area contributed by atoms with Crippen LogP contribution in [0.1, 0.15) is 5.69 Å². The second-order valence-corrected chi connectivity index (χ2v) is 5.24. The molecular formula is C13H19N5O4. The molecule has 2 aliphatic rings. The van der Waals surface area contributed by atoms with E-state index in [1.54, 1.807) is 6.92 Å². The topological polar surface area (TPSA) is 93.9 Å². The lowest BCUT2D eigenvalue weighted by Crippen LogP contribution is -2.40. The molecule has 2 aliphatic heterocycles. The Labute approximate surface area is 128 Å². The molecule has 1 aromatic heterocycles. The minimum Gasteiger partial charge on any atom is -0.378 e. The van der Waals surface area contributed by atoms with E-state index in [1.807, 2.05) is 9.80 Å². The molecule has 2 saturated heterocycles. The van der Waals surface area contributed by atoms with Crippen molar-refractivity contribution >= 4 is 17.5 Å². The van der Waals surface area contributed by atoms with Gasteiger partial charge in [0.1, 0.15) is 5.69 Å². The van der Waals surface area contributed by atoms with E-state index in [4.69, 9.17) is 9.47 Å². The van der Waals surface area contributed by atoms with Crippen molar-refractivity contribution in [3.8, 4) is 0 Å². The average Bonchev–Trinajstić information content (AvgIpc) is 2.55. The van der Waals surface area contributed by atoms with Gasteiger partial charge in [0, 0.05) is 26.2 Å². The van der Waals surface area contributed by atoms with Gasteiger partial charge < -0.3 is 19.3 Å². The summed E-state index contributed by atoms with van der Waals surface area (Å²) in [5, 5.41) is 11.4.